The highest BCUT2D eigenvalue weighted by Crippen LogP contribution is 2.26. The Hall–Kier alpha value is -1.69. The van der Waals surface area contributed by atoms with Gasteiger partial charge < -0.3 is 10.5 Å². The molecule has 0 unspecified atom stereocenters. The highest BCUT2D eigenvalue weighted by Gasteiger charge is 2.15. The van der Waals surface area contributed by atoms with Crippen LogP contribution in [0.25, 0.3) is 0 Å². The van der Waals surface area contributed by atoms with Crippen LogP contribution in [-0.4, -0.2) is 5.60 Å². The summed E-state index contributed by atoms with van der Waals surface area (Å²) in [6.45, 7) is 5.78. The number of hydrogen-bond acceptors (Lipinski definition) is 3. The van der Waals surface area contributed by atoms with Gasteiger partial charge in [0.25, 0.3) is 0 Å². The molecule has 0 heterocycles. The smallest absolute Gasteiger partial charge is 0.139 e. The molecular weight excluding hydrogens is 176 g/mol. The van der Waals surface area contributed by atoms with E-state index in [-0.39, 0.29) is 5.60 Å². The summed E-state index contributed by atoms with van der Waals surface area (Å²) in [6, 6.07) is 7.25. The SMILES string of the molecule is CC(C)(C)Oc1cccc(N)c1C#N. The zero-order valence-corrected chi connectivity index (χ0v) is 8.66. The van der Waals surface area contributed by atoms with Crippen LogP contribution >= 0.6 is 0 Å². The van der Waals surface area contributed by atoms with Crippen molar-refractivity contribution in [1.29, 1.82) is 5.26 Å². The van der Waals surface area contributed by atoms with Crippen LogP contribution in [-0.2, 0) is 0 Å². The largest absolute Gasteiger partial charge is 0.487 e. The molecular formula is C11H14N2O. The van der Waals surface area contributed by atoms with Gasteiger partial charge in [-0.05, 0) is 32.9 Å². The molecule has 0 aliphatic rings. The first-order valence-corrected chi connectivity index (χ1v) is 4.41. The van der Waals surface area contributed by atoms with Gasteiger partial charge in [0.15, 0.2) is 0 Å². The molecule has 1 aromatic rings. The van der Waals surface area contributed by atoms with Gasteiger partial charge >= 0.3 is 0 Å². The molecule has 1 rings (SSSR count). The van der Waals surface area contributed by atoms with Crippen molar-refractivity contribution < 1.29 is 4.74 Å². The van der Waals surface area contributed by atoms with E-state index in [2.05, 4.69) is 0 Å². The average molecular weight is 190 g/mol. The highest BCUT2D eigenvalue weighted by molar-refractivity contribution is 5.60. The van der Waals surface area contributed by atoms with Gasteiger partial charge in [-0.1, -0.05) is 6.07 Å². The monoisotopic (exact) mass is 190 g/mol. The van der Waals surface area contributed by atoms with Crippen molar-refractivity contribution in [2.24, 2.45) is 0 Å². The Balaban J connectivity index is 3.10. The van der Waals surface area contributed by atoms with E-state index in [1.54, 1.807) is 18.2 Å². The average Bonchev–Trinajstić information content (AvgIpc) is 2.01. The first-order valence-electron chi connectivity index (χ1n) is 4.41. The Bertz CT molecular complexity index is 372. The lowest BCUT2D eigenvalue weighted by atomic mass is 10.1. The molecule has 0 radical (unpaired) electrons. The molecule has 0 aliphatic carbocycles. The van der Waals surface area contributed by atoms with Crippen molar-refractivity contribution in [2.75, 3.05) is 5.73 Å². The summed E-state index contributed by atoms with van der Waals surface area (Å²) in [5, 5.41) is 8.89. The van der Waals surface area contributed by atoms with Crippen LogP contribution in [0.5, 0.6) is 5.75 Å². The van der Waals surface area contributed by atoms with Gasteiger partial charge in [-0.15, -0.1) is 0 Å². The first kappa shape index (κ1) is 10.4. The Morgan fingerprint density at radius 2 is 2.00 bits per heavy atom. The summed E-state index contributed by atoms with van der Waals surface area (Å²) in [7, 11) is 0. The molecule has 0 fully saturated rings. The molecule has 0 saturated carbocycles. The molecule has 0 aromatic heterocycles. The first-order chi connectivity index (χ1) is 6.44. The minimum atomic E-state index is -0.320. The van der Waals surface area contributed by atoms with Crippen LogP contribution < -0.4 is 10.5 Å². The van der Waals surface area contributed by atoms with Crippen LogP contribution in [0.4, 0.5) is 5.69 Å². The van der Waals surface area contributed by atoms with Crippen LogP contribution in [0.1, 0.15) is 26.3 Å². The summed E-state index contributed by atoms with van der Waals surface area (Å²) < 4.78 is 5.60. The molecule has 0 atom stereocenters. The maximum atomic E-state index is 8.89. The Morgan fingerprint density at radius 3 is 2.50 bits per heavy atom. The van der Waals surface area contributed by atoms with E-state index >= 15 is 0 Å². The van der Waals surface area contributed by atoms with Crippen molar-refractivity contribution in [3.05, 3.63) is 23.8 Å². The number of nitrogens with two attached hydrogens (primary N) is 1. The quantitative estimate of drug-likeness (QED) is 0.691. The molecule has 3 heteroatoms. The number of benzene rings is 1. The maximum absolute atomic E-state index is 8.89. The number of nitrogens with zero attached hydrogens (tertiary/aromatic N) is 1. The summed E-state index contributed by atoms with van der Waals surface area (Å²) in [5.41, 5.74) is 6.19. The minimum Gasteiger partial charge on any atom is -0.487 e. The van der Waals surface area contributed by atoms with Gasteiger partial charge in [-0.25, -0.2) is 0 Å². The lowest BCUT2D eigenvalue weighted by Gasteiger charge is -2.22. The number of anilines is 1. The fraction of sp³-hybridized carbons (Fsp3) is 0.364. The van der Waals surface area contributed by atoms with Gasteiger partial charge in [0.05, 0.1) is 5.69 Å². The zero-order chi connectivity index (χ0) is 10.8. The lowest BCUT2D eigenvalue weighted by molar-refractivity contribution is 0.130. The molecule has 74 valence electrons. The zero-order valence-electron chi connectivity index (χ0n) is 8.66. The predicted octanol–water partition coefficient (Wildman–Crippen LogP) is 2.32. The van der Waals surface area contributed by atoms with Gasteiger partial charge in [-0.3, -0.25) is 0 Å². The van der Waals surface area contributed by atoms with E-state index in [0.717, 1.165) is 0 Å². The maximum Gasteiger partial charge on any atom is 0.139 e. The van der Waals surface area contributed by atoms with Gasteiger partial charge in [-0.2, -0.15) is 5.26 Å². The molecule has 2 N–H and O–H groups in total. The topological polar surface area (TPSA) is 59.0 Å². The van der Waals surface area contributed by atoms with Gasteiger partial charge in [0.2, 0.25) is 0 Å². The number of nitriles is 1. The summed E-state index contributed by atoms with van der Waals surface area (Å²) in [6.07, 6.45) is 0. The van der Waals surface area contributed by atoms with Crippen molar-refractivity contribution in [3.8, 4) is 11.8 Å². The molecule has 0 amide bonds. The Kier molecular flexibility index (Phi) is 2.66. The van der Waals surface area contributed by atoms with Crippen molar-refractivity contribution in [2.45, 2.75) is 26.4 Å². The van der Waals surface area contributed by atoms with Crippen LogP contribution in [0, 0.1) is 11.3 Å². The third-order valence-electron chi connectivity index (χ3n) is 1.59. The molecule has 0 bridgehead atoms. The normalized spacial score (nSPS) is 10.7. The number of rotatable bonds is 1. The molecule has 0 saturated heterocycles. The number of nitrogen functional groups attached to an aromatic ring is 1. The fourth-order valence-electron chi connectivity index (χ4n) is 1.08. The van der Waals surface area contributed by atoms with E-state index < -0.39 is 0 Å². The molecule has 3 nitrogen and oxygen atoms in total. The second-order valence-corrected chi connectivity index (χ2v) is 4.05. The minimum absolute atomic E-state index is 0.320. The third-order valence-corrected chi connectivity index (χ3v) is 1.59. The van der Waals surface area contributed by atoms with Crippen LogP contribution in [0.15, 0.2) is 18.2 Å². The molecule has 0 spiro atoms. The summed E-state index contributed by atoms with van der Waals surface area (Å²) in [5.74, 6) is 0.542. The second-order valence-electron chi connectivity index (χ2n) is 4.05. The van der Waals surface area contributed by atoms with E-state index in [4.69, 9.17) is 15.7 Å². The van der Waals surface area contributed by atoms with E-state index in [1.807, 2.05) is 26.8 Å². The highest BCUT2D eigenvalue weighted by atomic mass is 16.5. The summed E-state index contributed by atoms with van der Waals surface area (Å²) >= 11 is 0. The third kappa shape index (κ3) is 2.40. The van der Waals surface area contributed by atoms with Crippen LogP contribution in [0.2, 0.25) is 0 Å². The van der Waals surface area contributed by atoms with Gasteiger partial charge in [0, 0.05) is 0 Å². The van der Waals surface area contributed by atoms with Crippen molar-refractivity contribution in [3.63, 3.8) is 0 Å². The molecule has 14 heavy (non-hydrogen) atoms. The Morgan fingerprint density at radius 1 is 1.36 bits per heavy atom. The molecule has 1 aromatic carbocycles. The summed E-state index contributed by atoms with van der Waals surface area (Å²) in [4.78, 5) is 0. The van der Waals surface area contributed by atoms with Crippen molar-refractivity contribution >= 4 is 5.69 Å². The van der Waals surface area contributed by atoms with Crippen molar-refractivity contribution in [1.82, 2.24) is 0 Å². The number of hydrogen-bond donors (Lipinski definition) is 1. The van der Waals surface area contributed by atoms with E-state index in [0.29, 0.717) is 17.0 Å². The van der Waals surface area contributed by atoms with Gasteiger partial charge in [0.1, 0.15) is 23.0 Å². The lowest BCUT2D eigenvalue weighted by Crippen LogP contribution is -2.23. The van der Waals surface area contributed by atoms with E-state index in [9.17, 15) is 0 Å². The second kappa shape index (κ2) is 3.59. The number of ether oxygens (including phenoxy) is 1. The van der Waals surface area contributed by atoms with E-state index in [1.165, 1.54) is 0 Å². The standard InChI is InChI=1S/C11H14N2O/c1-11(2,3)14-10-6-4-5-9(13)8(10)7-12/h4-6H,13H2,1-3H3. The fourth-order valence-corrected chi connectivity index (χ4v) is 1.08. The molecule has 0 aliphatic heterocycles. The Labute approximate surface area is 84.1 Å². The van der Waals surface area contributed by atoms with Crippen LogP contribution in [0.3, 0.4) is 0 Å². The predicted molar refractivity (Wildman–Crippen MR) is 56.0 cm³/mol.